The van der Waals surface area contributed by atoms with Gasteiger partial charge in [-0.2, -0.15) is 0 Å². The molecule has 1 atom stereocenters. The molecule has 0 aliphatic heterocycles. The lowest BCUT2D eigenvalue weighted by Gasteiger charge is -2.21. The Morgan fingerprint density at radius 2 is 2.22 bits per heavy atom. The van der Waals surface area contributed by atoms with Crippen molar-refractivity contribution >= 4 is 15.9 Å². The quantitative estimate of drug-likeness (QED) is 0.750. The van der Waals surface area contributed by atoms with E-state index in [-0.39, 0.29) is 0 Å². The van der Waals surface area contributed by atoms with Crippen molar-refractivity contribution in [2.75, 3.05) is 13.7 Å². The maximum atomic E-state index is 5.47. The van der Waals surface area contributed by atoms with Crippen LogP contribution in [0.4, 0.5) is 0 Å². The van der Waals surface area contributed by atoms with Crippen LogP contribution in [-0.2, 0) is 0 Å². The van der Waals surface area contributed by atoms with Gasteiger partial charge in [-0.15, -0.1) is 6.58 Å². The van der Waals surface area contributed by atoms with Crippen molar-refractivity contribution in [2.45, 2.75) is 32.7 Å². The van der Waals surface area contributed by atoms with Crippen LogP contribution in [0.15, 0.2) is 34.8 Å². The Morgan fingerprint density at radius 1 is 1.50 bits per heavy atom. The molecule has 0 saturated heterocycles. The molecule has 1 aromatic carbocycles. The fraction of sp³-hybridized carbons (Fsp3) is 0.467. The molecular weight excluding hydrogens is 290 g/mol. The van der Waals surface area contributed by atoms with Gasteiger partial charge in [0.2, 0.25) is 0 Å². The number of hydrogen-bond acceptors (Lipinski definition) is 2. The average molecular weight is 312 g/mol. The predicted molar refractivity (Wildman–Crippen MR) is 81.2 cm³/mol. The topological polar surface area (TPSA) is 21.3 Å². The van der Waals surface area contributed by atoms with Crippen molar-refractivity contribution in [3.05, 3.63) is 40.4 Å². The van der Waals surface area contributed by atoms with Crippen molar-refractivity contribution in [3.63, 3.8) is 0 Å². The van der Waals surface area contributed by atoms with Gasteiger partial charge in [-0.3, -0.25) is 0 Å². The number of nitrogens with one attached hydrogen (secondary N) is 1. The molecule has 18 heavy (non-hydrogen) atoms. The summed E-state index contributed by atoms with van der Waals surface area (Å²) >= 11 is 3.47. The highest BCUT2D eigenvalue weighted by molar-refractivity contribution is 9.10. The lowest BCUT2D eigenvalue weighted by atomic mass is 9.99. The first-order valence-corrected chi connectivity index (χ1v) is 7.09. The Labute approximate surface area is 119 Å². The number of hydrogen-bond donors (Lipinski definition) is 1. The molecule has 0 amide bonds. The predicted octanol–water partition coefficient (Wildman–Crippen LogP) is 4.46. The molecule has 0 spiro atoms. The van der Waals surface area contributed by atoms with Crippen LogP contribution in [0, 0.1) is 0 Å². The first-order chi connectivity index (χ1) is 8.58. The van der Waals surface area contributed by atoms with Gasteiger partial charge in [-0.1, -0.05) is 34.5 Å². The van der Waals surface area contributed by atoms with E-state index in [0.717, 1.165) is 29.6 Å². The number of methoxy groups -OCH3 is 1. The van der Waals surface area contributed by atoms with Gasteiger partial charge in [0.25, 0.3) is 0 Å². The number of allylic oxidation sites excluding steroid dienone is 1. The van der Waals surface area contributed by atoms with Crippen LogP contribution in [0.1, 0.15) is 38.3 Å². The van der Waals surface area contributed by atoms with Crippen LogP contribution in [-0.4, -0.2) is 13.7 Å². The van der Waals surface area contributed by atoms with E-state index in [0.29, 0.717) is 6.04 Å². The minimum atomic E-state index is 0.315. The molecule has 0 bridgehead atoms. The van der Waals surface area contributed by atoms with Crippen LogP contribution in [0.25, 0.3) is 0 Å². The fourth-order valence-corrected chi connectivity index (χ4v) is 2.32. The fourth-order valence-electron chi connectivity index (χ4n) is 1.98. The maximum Gasteiger partial charge on any atom is 0.124 e. The molecule has 100 valence electrons. The lowest BCUT2D eigenvalue weighted by molar-refractivity contribution is 0.396. The smallest absolute Gasteiger partial charge is 0.124 e. The van der Waals surface area contributed by atoms with Gasteiger partial charge in [0.1, 0.15) is 5.75 Å². The second kappa shape index (κ2) is 7.59. The Kier molecular flexibility index (Phi) is 6.44. The van der Waals surface area contributed by atoms with Crippen molar-refractivity contribution < 1.29 is 4.74 Å². The summed E-state index contributed by atoms with van der Waals surface area (Å²) in [7, 11) is 1.72. The van der Waals surface area contributed by atoms with Crippen LogP contribution < -0.4 is 10.1 Å². The van der Waals surface area contributed by atoms with Crippen LogP contribution in [0.2, 0.25) is 0 Å². The molecule has 0 saturated carbocycles. The van der Waals surface area contributed by atoms with Gasteiger partial charge >= 0.3 is 0 Å². The zero-order valence-electron chi connectivity index (χ0n) is 11.4. The van der Waals surface area contributed by atoms with E-state index in [1.165, 1.54) is 11.1 Å². The van der Waals surface area contributed by atoms with Gasteiger partial charge in [0.05, 0.1) is 7.11 Å². The van der Waals surface area contributed by atoms with Gasteiger partial charge < -0.3 is 10.1 Å². The summed E-state index contributed by atoms with van der Waals surface area (Å²) < 4.78 is 6.51. The first kappa shape index (κ1) is 15.3. The zero-order valence-corrected chi connectivity index (χ0v) is 13.0. The summed E-state index contributed by atoms with van der Waals surface area (Å²) in [5.74, 6) is 0.928. The standard InChI is InChI=1S/C15H22BrNO/c1-5-17-14(9-6-11(2)3)13-8-7-12(16)10-15(13)18-4/h7-8,10,14,17H,2,5-6,9H2,1,3-4H3. The molecule has 0 aromatic heterocycles. The second-order valence-corrected chi connectivity index (χ2v) is 5.41. The Hall–Kier alpha value is -0.800. The van der Waals surface area contributed by atoms with Gasteiger partial charge in [-0.25, -0.2) is 0 Å². The molecule has 1 unspecified atom stereocenters. The van der Waals surface area contributed by atoms with Crippen LogP contribution in [0.5, 0.6) is 5.75 Å². The summed E-state index contributed by atoms with van der Waals surface area (Å²) in [6.07, 6.45) is 2.07. The molecule has 0 aliphatic rings. The van der Waals surface area contributed by atoms with E-state index < -0.39 is 0 Å². The second-order valence-electron chi connectivity index (χ2n) is 4.49. The molecule has 0 fully saturated rings. The number of rotatable bonds is 7. The van der Waals surface area contributed by atoms with Gasteiger partial charge in [0, 0.05) is 16.1 Å². The third-order valence-electron chi connectivity index (χ3n) is 2.88. The molecule has 2 nitrogen and oxygen atoms in total. The maximum absolute atomic E-state index is 5.47. The first-order valence-electron chi connectivity index (χ1n) is 6.29. The minimum absolute atomic E-state index is 0.315. The molecule has 1 N–H and O–H groups in total. The highest BCUT2D eigenvalue weighted by atomic mass is 79.9. The number of ether oxygens (including phenoxy) is 1. The third kappa shape index (κ3) is 4.46. The molecule has 1 aromatic rings. The van der Waals surface area contributed by atoms with Crippen molar-refractivity contribution in [2.24, 2.45) is 0 Å². The Bertz CT molecular complexity index is 403. The van der Waals surface area contributed by atoms with Gasteiger partial charge in [0.15, 0.2) is 0 Å². The van der Waals surface area contributed by atoms with Crippen LogP contribution in [0.3, 0.4) is 0 Å². The van der Waals surface area contributed by atoms with E-state index in [1.807, 2.05) is 6.07 Å². The summed E-state index contributed by atoms with van der Waals surface area (Å²) in [6, 6.07) is 6.51. The SMILES string of the molecule is C=C(C)CCC(NCC)c1ccc(Br)cc1OC. The van der Waals surface area contributed by atoms with E-state index >= 15 is 0 Å². The van der Waals surface area contributed by atoms with Crippen molar-refractivity contribution in [3.8, 4) is 5.75 Å². The highest BCUT2D eigenvalue weighted by Crippen LogP contribution is 2.31. The summed E-state index contributed by atoms with van der Waals surface area (Å²) in [5.41, 5.74) is 2.43. The van der Waals surface area contributed by atoms with Crippen molar-refractivity contribution in [1.29, 1.82) is 0 Å². The molecule has 0 radical (unpaired) electrons. The minimum Gasteiger partial charge on any atom is -0.496 e. The Balaban J connectivity index is 2.93. The summed E-state index contributed by atoms with van der Waals surface area (Å²) in [6.45, 7) is 9.11. The molecule has 0 aliphatic carbocycles. The summed E-state index contributed by atoms with van der Waals surface area (Å²) in [4.78, 5) is 0. The van der Waals surface area contributed by atoms with Crippen molar-refractivity contribution in [1.82, 2.24) is 5.32 Å². The van der Waals surface area contributed by atoms with Gasteiger partial charge in [-0.05, 0) is 38.4 Å². The molecule has 1 rings (SSSR count). The van der Waals surface area contributed by atoms with Crippen LogP contribution >= 0.6 is 15.9 Å². The van der Waals surface area contributed by atoms with E-state index in [1.54, 1.807) is 7.11 Å². The molecular formula is C15H22BrNO. The monoisotopic (exact) mass is 311 g/mol. The summed E-state index contributed by atoms with van der Waals surface area (Å²) in [5, 5.41) is 3.51. The number of halogens is 1. The van der Waals surface area contributed by atoms with E-state index in [4.69, 9.17) is 4.74 Å². The molecule has 3 heteroatoms. The number of benzene rings is 1. The third-order valence-corrected chi connectivity index (χ3v) is 3.37. The average Bonchev–Trinajstić information content (AvgIpc) is 2.34. The largest absolute Gasteiger partial charge is 0.496 e. The molecule has 0 heterocycles. The lowest BCUT2D eigenvalue weighted by Crippen LogP contribution is -2.21. The van der Waals surface area contributed by atoms with E-state index in [9.17, 15) is 0 Å². The Morgan fingerprint density at radius 3 is 2.78 bits per heavy atom. The highest BCUT2D eigenvalue weighted by Gasteiger charge is 2.15. The zero-order chi connectivity index (χ0) is 13.5. The normalized spacial score (nSPS) is 12.2. The van der Waals surface area contributed by atoms with E-state index in [2.05, 4.69) is 53.8 Å².